The highest BCUT2D eigenvalue weighted by molar-refractivity contribution is 7.13. The van der Waals surface area contributed by atoms with Crippen molar-refractivity contribution in [1.82, 2.24) is 4.98 Å². The van der Waals surface area contributed by atoms with Crippen molar-refractivity contribution in [3.8, 4) is 27.8 Å². The summed E-state index contributed by atoms with van der Waals surface area (Å²) in [7, 11) is 4.80. The number of carbonyl (C=O) groups is 1. The van der Waals surface area contributed by atoms with Gasteiger partial charge < -0.3 is 19.5 Å². The highest BCUT2D eigenvalue weighted by Crippen LogP contribution is 2.33. The number of anilines is 1. The minimum atomic E-state index is -0.121. The first-order chi connectivity index (χ1) is 13.1. The molecule has 140 valence electrons. The van der Waals surface area contributed by atoms with Gasteiger partial charge in [-0.1, -0.05) is 0 Å². The Morgan fingerprint density at radius 2 is 1.74 bits per heavy atom. The van der Waals surface area contributed by atoms with Gasteiger partial charge in [0, 0.05) is 16.6 Å². The Morgan fingerprint density at radius 1 is 1.00 bits per heavy atom. The number of hydrogen-bond donors (Lipinski definition) is 1. The van der Waals surface area contributed by atoms with E-state index in [4.69, 9.17) is 14.2 Å². The summed E-state index contributed by atoms with van der Waals surface area (Å²) in [5.74, 6) is 1.93. The van der Waals surface area contributed by atoms with Gasteiger partial charge in [0.25, 0.3) is 0 Å². The van der Waals surface area contributed by atoms with Crippen LogP contribution in [0.2, 0.25) is 0 Å². The fraction of sp³-hybridized carbons (Fsp3) is 0.200. The maximum atomic E-state index is 12.3. The molecule has 0 fully saturated rings. The SMILES string of the molecule is COc1ccc(NC(=O)Cc2csc(-c3ccc(OC)c(OC)c3)n2)cc1. The third kappa shape index (κ3) is 4.57. The van der Waals surface area contributed by atoms with Crippen LogP contribution in [0.1, 0.15) is 5.69 Å². The lowest BCUT2D eigenvalue weighted by molar-refractivity contribution is -0.115. The van der Waals surface area contributed by atoms with Gasteiger partial charge in [0.1, 0.15) is 10.8 Å². The molecule has 0 bridgehead atoms. The van der Waals surface area contributed by atoms with E-state index in [1.54, 1.807) is 45.6 Å². The average molecular weight is 384 g/mol. The summed E-state index contributed by atoms with van der Waals surface area (Å²) in [5, 5.41) is 5.57. The van der Waals surface area contributed by atoms with Crippen molar-refractivity contribution in [3.63, 3.8) is 0 Å². The number of aromatic nitrogens is 1. The number of ether oxygens (including phenoxy) is 3. The van der Waals surface area contributed by atoms with E-state index in [-0.39, 0.29) is 12.3 Å². The van der Waals surface area contributed by atoms with Crippen LogP contribution in [-0.4, -0.2) is 32.2 Å². The van der Waals surface area contributed by atoms with Crippen LogP contribution in [0.3, 0.4) is 0 Å². The maximum absolute atomic E-state index is 12.3. The van der Waals surface area contributed by atoms with Crippen LogP contribution in [0.25, 0.3) is 10.6 Å². The fourth-order valence-corrected chi connectivity index (χ4v) is 3.35. The summed E-state index contributed by atoms with van der Waals surface area (Å²) < 4.78 is 15.7. The second kappa shape index (κ2) is 8.55. The van der Waals surface area contributed by atoms with Crippen LogP contribution >= 0.6 is 11.3 Å². The second-order valence-corrected chi connectivity index (χ2v) is 6.53. The minimum absolute atomic E-state index is 0.121. The first-order valence-corrected chi connectivity index (χ1v) is 9.11. The maximum Gasteiger partial charge on any atom is 0.230 e. The number of nitrogens with zero attached hydrogens (tertiary/aromatic N) is 1. The molecule has 7 heteroatoms. The van der Waals surface area contributed by atoms with Gasteiger partial charge >= 0.3 is 0 Å². The third-order valence-corrected chi connectivity index (χ3v) is 4.84. The molecule has 27 heavy (non-hydrogen) atoms. The van der Waals surface area contributed by atoms with E-state index in [0.717, 1.165) is 27.7 Å². The van der Waals surface area contributed by atoms with Crippen molar-refractivity contribution in [2.24, 2.45) is 0 Å². The summed E-state index contributed by atoms with van der Waals surface area (Å²) >= 11 is 1.48. The number of hydrogen-bond acceptors (Lipinski definition) is 6. The molecule has 3 aromatic rings. The van der Waals surface area contributed by atoms with Gasteiger partial charge in [-0.25, -0.2) is 4.98 Å². The smallest absolute Gasteiger partial charge is 0.230 e. The van der Waals surface area contributed by atoms with Gasteiger partial charge in [-0.2, -0.15) is 0 Å². The number of benzene rings is 2. The van der Waals surface area contributed by atoms with E-state index in [1.165, 1.54) is 11.3 Å². The normalized spacial score (nSPS) is 10.3. The molecule has 0 atom stereocenters. The molecule has 3 rings (SSSR count). The molecular weight excluding hydrogens is 364 g/mol. The van der Waals surface area contributed by atoms with Crippen molar-refractivity contribution in [2.45, 2.75) is 6.42 Å². The Labute approximate surface area is 161 Å². The van der Waals surface area contributed by atoms with Gasteiger partial charge in [-0.3, -0.25) is 4.79 Å². The lowest BCUT2D eigenvalue weighted by atomic mass is 10.2. The molecular formula is C20H20N2O4S. The van der Waals surface area contributed by atoms with Crippen LogP contribution < -0.4 is 19.5 Å². The Morgan fingerprint density at radius 3 is 2.41 bits per heavy atom. The van der Waals surface area contributed by atoms with Gasteiger partial charge in [-0.15, -0.1) is 11.3 Å². The standard InChI is InChI=1S/C20H20N2O4S/c1-24-16-7-5-14(6-8-16)21-19(23)11-15-12-27-20(22-15)13-4-9-17(25-2)18(10-13)26-3/h4-10,12H,11H2,1-3H3,(H,21,23). The number of nitrogens with one attached hydrogen (secondary N) is 1. The van der Waals surface area contributed by atoms with E-state index in [2.05, 4.69) is 10.3 Å². The number of thiazole rings is 1. The van der Waals surface area contributed by atoms with Gasteiger partial charge in [0.2, 0.25) is 5.91 Å². The monoisotopic (exact) mass is 384 g/mol. The van der Waals surface area contributed by atoms with E-state index in [1.807, 2.05) is 23.6 Å². The molecule has 0 spiro atoms. The van der Waals surface area contributed by atoms with Crippen LogP contribution in [0.5, 0.6) is 17.2 Å². The average Bonchev–Trinajstić information content (AvgIpc) is 3.16. The van der Waals surface area contributed by atoms with Crippen LogP contribution in [0, 0.1) is 0 Å². The summed E-state index contributed by atoms with van der Waals surface area (Å²) in [4.78, 5) is 16.8. The molecule has 0 aliphatic carbocycles. The quantitative estimate of drug-likeness (QED) is 0.666. The van der Waals surface area contributed by atoms with E-state index < -0.39 is 0 Å². The van der Waals surface area contributed by atoms with Gasteiger partial charge in [-0.05, 0) is 42.5 Å². The van der Waals surface area contributed by atoms with Crippen molar-refractivity contribution in [1.29, 1.82) is 0 Å². The number of rotatable bonds is 7. The highest BCUT2D eigenvalue weighted by atomic mass is 32.1. The first-order valence-electron chi connectivity index (χ1n) is 8.23. The molecule has 2 aromatic carbocycles. The minimum Gasteiger partial charge on any atom is -0.497 e. The zero-order chi connectivity index (χ0) is 19.2. The molecule has 0 aliphatic rings. The predicted octanol–water partition coefficient (Wildman–Crippen LogP) is 4.02. The first kappa shape index (κ1) is 18.7. The molecule has 0 unspecified atom stereocenters. The van der Waals surface area contributed by atoms with E-state index in [0.29, 0.717) is 11.5 Å². The third-order valence-electron chi connectivity index (χ3n) is 3.90. The highest BCUT2D eigenvalue weighted by Gasteiger charge is 2.12. The molecule has 0 saturated carbocycles. The van der Waals surface area contributed by atoms with E-state index >= 15 is 0 Å². The molecule has 1 N–H and O–H groups in total. The lowest BCUT2D eigenvalue weighted by Gasteiger charge is -2.08. The summed E-state index contributed by atoms with van der Waals surface area (Å²) in [6.07, 6.45) is 0.204. The fourth-order valence-electron chi connectivity index (χ4n) is 2.53. The van der Waals surface area contributed by atoms with Crippen molar-refractivity contribution < 1.29 is 19.0 Å². The summed E-state index contributed by atoms with van der Waals surface area (Å²) in [6, 6.07) is 12.8. The van der Waals surface area contributed by atoms with Crippen LogP contribution in [-0.2, 0) is 11.2 Å². The Bertz CT molecular complexity index is 922. The predicted molar refractivity (Wildman–Crippen MR) is 106 cm³/mol. The van der Waals surface area contributed by atoms with Crippen molar-refractivity contribution in [3.05, 3.63) is 53.5 Å². The molecule has 1 heterocycles. The summed E-state index contributed by atoms with van der Waals surface area (Å²) in [5.41, 5.74) is 2.35. The molecule has 1 amide bonds. The number of methoxy groups -OCH3 is 3. The van der Waals surface area contributed by atoms with E-state index in [9.17, 15) is 4.79 Å². The van der Waals surface area contributed by atoms with Crippen molar-refractivity contribution >= 4 is 22.9 Å². The molecule has 1 aromatic heterocycles. The lowest BCUT2D eigenvalue weighted by Crippen LogP contribution is -2.14. The number of amides is 1. The Kier molecular flexibility index (Phi) is 5.93. The summed E-state index contributed by atoms with van der Waals surface area (Å²) in [6.45, 7) is 0. The van der Waals surface area contributed by atoms with Gasteiger partial charge in [0.05, 0.1) is 33.4 Å². The molecule has 6 nitrogen and oxygen atoms in total. The molecule has 0 radical (unpaired) electrons. The molecule has 0 saturated heterocycles. The number of carbonyl (C=O) groups excluding carboxylic acids is 1. The van der Waals surface area contributed by atoms with Crippen LogP contribution in [0.15, 0.2) is 47.8 Å². The van der Waals surface area contributed by atoms with Gasteiger partial charge in [0.15, 0.2) is 11.5 Å². The Hall–Kier alpha value is -3.06. The largest absolute Gasteiger partial charge is 0.497 e. The Balaban J connectivity index is 1.67. The second-order valence-electron chi connectivity index (χ2n) is 5.67. The van der Waals surface area contributed by atoms with Crippen LogP contribution in [0.4, 0.5) is 5.69 Å². The topological polar surface area (TPSA) is 69.7 Å². The zero-order valence-electron chi connectivity index (χ0n) is 15.3. The molecule has 0 aliphatic heterocycles. The van der Waals surface area contributed by atoms with Crippen molar-refractivity contribution in [2.75, 3.05) is 26.6 Å². The zero-order valence-corrected chi connectivity index (χ0v) is 16.1.